The van der Waals surface area contributed by atoms with Crippen molar-refractivity contribution in [1.29, 1.82) is 0 Å². The quantitative estimate of drug-likeness (QED) is 0.604. The Balaban J connectivity index is 2.06. The summed E-state index contributed by atoms with van der Waals surface area (Å²) >= 11 is 0. The van der Waals surface area contributed by atoms with Crippen molar-refractivity contribution in [3.05, 3.63) is 35.8 Å². The zero-order chi connectivity index (χ0) is 15.9. The van der Waals surface area contributed by atoms with Gasteiger partial charge in [-0.25, -0.2) is 13.2 Å². The number of hydrogen-bond donors (Lipinski definition) is 2. The summed E-state index contributed by atoms with van der Waals surface area (Å²) in [4.78, 5) is 4.04. The van der Waals surface area contributed by atoms with Crippen LogP contribution in [0.25, 0.3) is 0 Å². The molecular weight excluding hydrogens is 299 g/mol. The van der Waals surface area contributed by atoms with E-state index in [1.807, 2.05) is 0 Å². The molecule has 9 heteroatoms. The van der Waals surface area contributed by atoms with E-state index in [0.717, 1.165) is 18.6 Å². The molecule has 1 aromatic heterocycles. The van der Waals surface area contributed by atoms with E-state index >= 15 is 0 Å². The van der Waals surface area contributed by atoms with Crippen molar-refractivity contribution < 1.29 is 17.9 Å². The Morgan fingerprint density at radius 2 is 2.00 bits per heavy atom. The van der Waals surface area contributed by atoms with Crippen LogP contribution in [-0.4, -0.2) is 35.4 Å². The van der Waals surface area contributed by atoms with Crippen molar-refractivity contribution in [3.63, 3.8) is 0 Å². The number of ether oxygens (including phenoxy) is 1. The van der Waals surface area contributed by atoms with E-state index in [1.54, 1.807) is 7.11 Å². The highest BCUT2D eigenvalue weighted by atomic mass is 19.2. The Morgan fingerprint density at radius 1 is 1.18 bits per heavy atom. The molecule has 6 nitrogen and oxygen atoms in total. The van der Waals surface area contributed by atoms with Crippen LogP contribution in [0.5, 0.6) is 0 Å². The minimum atomic E-state index is -1.55. The maximum absolute atomic E-state index is 13.6. The van der Waals surface area contributed by atoms with Gasteiger partial charge in [0, 0.05) is 20.3 Å². The number of hydrogen-bond acceptors (Lipinski definition) is 6. The topological polar surface area (TPSA) is 72.0 Å². The van der Waals surface area contributed by atoms with E-state index in [1.165, 1.54) is 6.20 Å². The van der Waals surface area contributed by atoms with Crippen LogP contribution in [-0.2, 0) is 4.74 Å². The zero-order valence-corrected chi connectivity index (χ0v) is 11.7. The molecule has 0 saturated heterocycles. The molecule has 22 heavy (non-hydrogen) atoms. The molecule has 0 spiro atoms. The predicted octanol–water partition coefficient (Wildman–Crippen LogP) is 2.48. The number of benzene rings is 1. The van der Waals surface area contributed by atoms with Gasteiger partial charge in [0.25, 0.3) is 0 Å². The van der Waals surface area contributed by atoms with Crippen LogP contribution in [0.1, 0.15) is 6.42 Å². The average Bonchev–Trinajstić information content (AvgIpc) is 2.53. The summed E-state index contributed by atoms with van der Waals surface area (Å²) < 4.78 is 44.5. The molecule has 1 heterocycles. The number of aromatic nitrogens is 3. The van der Waals surface area contributed by atoms with E-state index in [9.17, 15) is 13.2 Å². The van der Waals surface area contributed by atoms with E-state index in [0.29, 0.717) is 13.2 Å². The molecule has 0 bridgehead atoms. The molecule has 0 atom stereocenters. The maximum Gasteiger partial charge on any atom is 0.244 e. The van der Waals surface area contributed by atoms with E-state index < -0.39 is 17.5 Å². The lowest BCUT2D eigenvalue weighted by Crippen LogP contribution is -2.09. The third kappa shape index (κ3) is 4.04. The van der Waals surface area contributed by atoms with Gasteiger partial charge in [0.2, 0.25) is 5.95 Å². The predicted molar refractivity (Wildman–Crippen MR) is 74.4 cm³/mol. The summed E-state index contributed by atoms with van der Waals surface area (Å²) in [6, 6.07) is 1.89. The molecule has 2 N–H and O–H groups in total. The lowest BCUT2D eigenvalue weighted by atomic mass is 10.3. The standard InChI is InChI=1S/C13H14F3N5O/c1-22-6-2-5-17-13-20-10(7-18-21-13)19-9-4-3-8(14)11(15)12(9)16/h3-4,7H,2,5-6H2,1H3,(H2,17,19,20,21). The van der Waals surface area contributed by atoms with Crippen molar-refractivity contribution in [2.24, 2.45) is 0 Å². The van der Waals surface area contributed by atoms with Gasteiger partial charge in [0.15, 0.2) is 23.3 Å². The minimum Gasteiger partial charge on any atom is -0.385 e. The largest absolute Gasteiger partial charge is 0.385 e. The molecule has 0 unspecified atom stereocenters. The monoisotopic (exact) mass is 313 g/mol. The van der Waals surface area contributed by atoms with Crippen LogP contribution in [0.3, 0.4) is 0 Å². The van der Waals surface area contributed by atoms with Crippen LogP contribution in [0.2, 0.25) is 0 Å². The Morgan fingerprint density at radius 3 is 2.77 bits per heavy atom. The molecule has 0 amide bonds. The molecule has 2 rings (SSSR count). The third-order valence-electron chi connectivity index (χ3n) is 2.67. The Kier molecular flexibility index (Phi) is 5.48. The number of rotatable bonds is 7. The molecule has 2 aromatic rings. The van der Waals surface area contributed by atoms with Gasteiger partial charge < -0.3 is 15.4 Å². The van der Waals surface area contributed by atoms with Gasteiger partial charge in [0.05, 0.1) is 11.9 Å². The summed E-state index contributed by atoms with van der Waals surface area (Å²) in [5, 5.41) is 12.9. The lowest BCUT2D eigenvalue weighted by Gasteiger charge is -2.09. The smallest absolute Gasteiger partial charge is 0.244 e. The Labute approximate surface area is 124 Å². The van der Waals surface area contributed by atoms with Gasteiger partial charge in [-0.15, -0.1) is 5.10 Å². The number of halogens is 3. The number of nitrogens with one attached hydrogen (secondary N) is 2. The van der Waals surface area contributed by atoms with Gasteiger partial charge >= 0.3 is 0 Å². The SMILES string of the molecule is COCCCNc1nncc(Nc2ccc(F)c(F)c2F)n1. The second-order valence-electron chi connectivity index (χ2n) is 4.29. The first-order valence-electron chi connectivity index (χ1n) is 6.45. The first-order valence-corrected chi connectivity index (χ1v) is 6.45. The van der Waals surface area contributed by atoms with Crippen LogP contribution in [0.15, 0.2) is 18.3 Å². The maximum atomic E-state index is 13.6. The normalized spacial score (nSPS) is 10.5. The lowest BCUT2D eigenvalue weighted by molar-refractivity contribution is 0.197. The second-order valence-corrected chi connectivity index (χ2v) is 4.29. The van der Waals surface area contributed by atoms with Crippen molar-refractivity contribution in [3.8, 4) is 0 Å². The average molecular weight is 313 g/mol. The van der Waals surface area contributed by atoms with Gasteiger partial charge in [-0.3, -0.25) is 0 Å². The summed E-state index contributed by atoms with van der Waals surface area (Å²) in [6.45, 7) is 1.15. The summed E-state index contributed by atoms with van der Waals surface area (Å²) in [5.74, 6) is -3.76. The molecule has 0 saturated carbocycles. The van der Waals surface area contributed by atoms with Crippen molar-refractivity contribution in [2.45, 2.75) is 6.42 Å². The van der Waals surface area contributed by atoms with Gasteiger partial charge in [0.1, 0.15) is 0 Å². The van der Waals surface area contributed by atoms with Crippen LogP contribution < -0.4 is 10.6 Å². The number of nitrogens with zero attached hydrogens (tertiary/aromatic N) is 3. The van der Waals surface area contributed by atoms with Crippen molar-refractivity contribution in [2.75, 3.05) is 30.9 Å². The molecule has 0 radical (unpaired) electrons. The highest BCUT2D eigenvalue weighted by Gasteiger charge is 2.14. The van der Waals surface area contributed by atoms with E-state index in [-0.39, 0.29) is 17.5 Å². The highest BCUT2D eigenvalue weighted by Crippen LogP contribution is 2.22. The molecule has 0 aliphatic rings. The summed E-state index contributed by atoms with van der Waals surface area (Å²) in [6.07, 6.45) is 1.98. The van der Waals surface area contributed by atoms with E-state index in [4.69, 9.17) is 4.74 Å². The third-order valence-corrected chi connectivity index (χ3v) is 2.67. The fourth-order valence-corrected chi connectivity index (χ4v) is 1.62. The zero-order valence-electron chi connectivity index (χ0n) is 11.7. The van der Waals surface area contributed by atoms with E-state index in [2.05, 4.69) is 25.8 Å². The number of methoxy groups -OCH3 is 1. The fraction of sp³-hybridized carbons (Fsp3) is 0.308. The molecule has 0 aliphatic heterocycles. The van der Waals surface area contributed by atoms with Crippen LogP contribution in [0.4, 0.5) is 30.6 Å². The molecular formula is C13H14F3N5O. The summed E-state index contributed by atoms with van der Waals surface area (Å²) in [5.41, 5.74) is -0.246. The van der Waals surface area contributed by atoms with Crippen LogP contribution >= 0.6 is 0 Å². The molecule has 0 aliphatic carbocycles. The number of anilines is 3. The second kappa shape index (κ2) is 7.55. The highest BCUT2D eigenvalue weighted by molar-refractivity contribution is 5.57. The first kappa shape index (κ1) is 16.0. The van der Waals surface area contributed by atoms with Gasteiger partial charge in [-0.1, -0.05) is 0 Å². The van der Waals surface area contributed by atoms with Gasteiger partial charge in [-0.05, 0) is 18.6 Å². The Bertz CT molecular complexity index is 641. The fourth-order valence-electron chi connectivity index (χ4n) is 1.62. The van der Waals surface area contributed by atoms with Crippen LogP contribution in [0, 0.1) is 17.5 Å². The molecule has 1 aromatic carbocycles. The van der Waals surface area contributed by atoms with Crippen molar-refractivity contribution >= 4 is 17.5 Å². The summed E-state index contributed by atoms with van der Waals surface area (Å²) in [7, 11) is 1.60. The van der Waals surface area contributed by atoms with Crippen molar-refractivity contribution in [1.82, 2.24) is 15.2 Å². The molecule has 0 fully saturated rings. The Hall–Kier alpha value is -2.42. The minimum absolute atomic E-state index is 0.147. The first-order chi connectivity index (χ1) is 10.6. The van der Waals surface area contributed by atoms with Gasteiger partial charge in [-0.2, -0.15) is 10.1 Å². The molecule has 118 valence electrons.